The Bertz CT molecular complexity index is 481. The lowest BCUT2D eigenvalue weighted by Gasteiger charge is -2.48. The highest BCUT2D eigenvalue weighted by atomic mass is 19.1. The molecule has 1 saturated heterocycles. The topological polar surface area (TPSA) is 58.4 Å². The molecule has 3 rings (SSSR count). The van der Waals surface area contributed by atoms with Crippen molar-refractivity contribution in [2.45, 2.75) is 18.4 Å². The molecular formula is C13H16FN3O. The van der Waals surface area contributed by atoms with Gasteiger partial charge in [-0.2, -0.15) is 0 Å². The lowest BCUT2D eigenvalue weighted by Crippen LogP contribution is -2.70. The number of hydrogen-bond acceptors (Lipinski definition) is 2. The van der Waals surface area contributed by atoms with Crippen LogP contribution in [0.1, 0.15) is 12.8 Å². The maximum atomic E-state index is 13.4. The smallest absolute Gasteiger partial charge is 0.322 e. The largest absolute Gasteiger partial charge is 0.322 e. The predicted molar refractivity (Wildman–Crippen MR) is 66.6 cm³/mol. The molecule has 0 atom stereocenters. The molecule has 0 unspecified atom stereocenters. The lowest BCUT2D eigenvalue weighted by atomic mass is 9.86. The molecule has 2 amide bonds. The fourth-order valence-electron chi connectivity index (χ4n) is 2.48. The Morgan fingerprint density at radius 3 is 2.67 bits per heavy atom. The molecule has 3 N–H and O–H groups in total. The highest BCUT2D eigenvalue weighted by Crippen LogP contribution is 2.43. The van der Waals surface area contributed by atoms with Gasteiger partial charge in [0.1, 0.15) is 5.82 Å². The van der Waals surface area contributed by atoms with Crippen molar-refractivity contribution in [3.63, 3.8) is 0 Å². The van der Waals surface area contributed by atoms with Crippen LogP contribution in [0.4, 0.5) is 14.9 Å². The zero-order valence-corrected chi connectivity index (χ0v) is 10.0. The van der Waals surface area contributed by atoms with E-state index in [2.05, 4.69) is 5.32 Å². The van der Waals surface area contributed by atoms with E-state index >= 15 is 0 Å². The average molecular weight is 249 g/mol. The number of likely N-dealkylation sites (tertiary alicyclic amines) is 1. The van der Waals surface area contributed by atoms with E-state index in [9.17, 15) is 9.18 Å². The standard InChI is InChI=1S/C13H16FN3O/c14-10-3-1-2-4-11(10)16-12(18)17-7-13(15,8-17)9-5-6-9/h1-4,9H,5-8,15H2,(H,16,18). The minimum Gasteiger partial charge on any atom is -0.322 e. The average Bonchev–Trinajstić information content (AvgIpc) is 3.12. The number of carbonyl (C=O) groups excluding carboxylic acids is 1. The van der Waals surface area contributed by atoms with Crippen LogP contribution in [0.2, 0.25) is 0 Å². The summed E-state index contributed by atoms with van der Waals surface area (Å²) in [5, 5.41) is 2.57. The van der Waals surface area contributed by atoms with Gasteiger partial charge in [0.15, 0.2) is 0 Å². The van der Waals surface area contributed by atoms with Crippen LogP contribution in [0.3, 0.4) is 0 Å². The van der Waals surface area contributed by atoms with E-state index in [1.54, 1.807) is 23.1 Å². The van der Waals surface area contributed by atoms with E-state index in [0.29, 0.717) is 19.0 Å². The first-order valence-corrected chi connectivity index (χ1v) is 6.18. The number of hydrogen-bond donors (Lipinski definition) is 2. The third-order valence-corrected chi connectivity index (χ3v) is 3.76. The molecule has 0 aromatic heterocycles. The van der Waals surface area contributed by atoms with E-state index < -0.39 is 5.82 Å². The van der Waals surface area contributed by atoms with E-state index in [1.165, 1.54) is 18.9 Å². The van der Waals surface area contributed by atoms with Crippen molar-refractivity contribution in [1.29, 1.82) is 0 Å². The van der Waals surface area contributed by atoms with Crippen LogP contribution < -0.4 is 11.1 Å². The first-order valence-electron chi connectivity index (χ1n) is 6.18. The fourth-order valence-corrected chi connectivity index (χ4v) is 2.48. The number of nitrogens with two attached hydrogens (primary N) is 1. The van der Waals surface area contributed by atoms with Crippen molar-refractivity contribution in [1.82, 2.24) is 4.90 Å². The summed E-state index contributed by atoms with van der Waals surface area (Å²) in [6.45, 7) is 1.13. The maximum absolute atomic E-state index is 13.4. The Labute approximate surface area is 105 Å². The summed E-state index contributed by atoms with van der Waals surface area (Å²) < 4.78 is 13.4. The number of anilines is 1. The van der Waals surface area contributed by atoms with Crippen molar-refractivity contribution in [3.8, 4) is 0 Å². The number of nitrogens with one attached hydrogen (secondary N) is 1. The number of nitrogens with zero attached hydrogens (tertiary/aromatic N) is 1. The molecular weight excluding hydrogens is 233 g/mol. The molecule has 2 aliphatic rings. The highest BCUT2D eigenvalue weighted by molar-refractivity contribution is 5.90. The van der Waals surface area contributed by atoms with Crippen molar-refractivity contribution in [2.75, 3.05) is 18.4 Å². The summed E-state index contributed by atoms with van der Waals surface area (Å²) in [7, 11) is 0. The summed E-state index contributed by atoms with van der Waals surface area (Å²) in [4.78, 5) is 13.5. The first-order chi connectivity index (χ1) is 8.58. The molecule has 1 aromatic carbocycles. The number of para-hydroxylation sites is 1. The molecule has 96 valence electrons. The number of carbonyl (C=O) groups is 1. The predicted octanol–water partition coefficient (Wildman–Crippen LogP) is 1.78. The Hall–Kier alpha value is -1.62. The number of benzene rings is 1. The van der Waals surface area contributed by atoms with Gasteiger partial charge in [-0.15, -0.1) is 0 Å². The Balaban J connectivity index is 1.59. The third kappa shape index (κ3) is 1.95. The minimum atomic E-state index is -0.424. The SMILES string of the molecule is NC1(C2CC2)CN(C(=O)Nc2ccccc2F)C1. The van der Waals surface area contributed by atoms with Crippen LogP contribution >= 0.6 is 0 Å². The second-order valence-electron chi connectivity index (χ2n) is 5.27. The summed E-state index contributed by atoms with van der Waals surface area (Å²) in [5.41, 5.74) is 6.17. The molecule has 0 spiro atoms. The van der Waals surface area contributed by atoms with Crippen LogP contribution in [0.15, 0.2) is 24.3 Å². The Morgan fingerprint density at radius 1 is 1.39 bits per heavy atom. The van der Waals surface area contributed by atoms with Gasteiger partial charge in [0.2, 0.25) is 0 Å². The van der Waals surface area contributed by atoms with E-state index in [4.69, 9.17) is 5.73 Å². The van der Waals surface area contributed by atoms with Crippen LogP contribution in [0.25, 0.3) is 0 Å². The zero-order valence-electron chi connectivity index (χ0n) is 10.0. The summed E-state index contributed by atoms with van der Waals surface area (Å²) in [6.07, 6.45) is 2.33. The monoisotopic (exact) mass is 249 g/mol. The number of amides is 2. The molecule has 1 heterocycles. The van der Waals surface area contributed by atoms with Gasteiger partial charge < -0.3 is 16.0 Å². The quantitative estimate of drug-likeness (QED) is 0.839. The van der Waals surface area contributed by atoms with E-state index in [0.717, 1.165) is 0 Å². The Kier molecular flexibility index (Phi) is 2.52. The Morgan fingerprint density at radius 2 is 2.06 bits per heavy atom. The molecule has 2 fully saturated rings. The van der Waals surface area contributed by atoms with Crippen molar-refractivity contribution in [2.24, 2.45) is 11.7 Å². The number of halogens is 1. The second-order valence-corrected chi connectivity index (χ2v) is 5.27. The minimum absolute atomic E-state index is 0.202. The van der Waals surface area contributed by atoms with Crippen molar-refractivity contribution in [3.05, 3.63) is 30.1 Å². The van der Waals surface area contributed by atoms with Gasteiger partial charge in [-0.25, -0.2) is 9.18 Å². The summed E-state index contributed by atoms with van der Waals surface area (Å²) in [6, 6.07) is 5.87. The lowest BCUT2D eigenvalue weighted by molar-refractivity contribution is 0.0894. The molecule has 0 bridgehead atoms. The van der Waals surface area contributed by atoms with Crippen LogP contribution in [-0.4, -0.2) is 29.6 Å². The molecule has 1 saturated carbocycles. The first kappa shape index (κ1) is 11.5. The zero-order chi connectivity index (χ0) is 12.8. The number of urea groups is 1. The summed E-state index contributed by atoms with van der Waals surface area (Å²) in [5.74, 6) is 0.141. The maximum Gasteiger partial charge on any atom is 0.322 e. The normalized spacial score (nSPS) is 21.3. The fraction of sp³-hybridized carbons (Fsp3) is 0.462. The van der Waals surface area contributed by atoms with Gasteiger partial charge >= 0.3 is 6.03 Å². The molecule has 1 aliphatic carbocycles. The van der Waals surface area contributed by atoms with Crippen LogP contribution in [0.5, 0.6) is 0 Å². The molecule has 4 nitrogen and oxygen atoms in total. The molecule has 1 aromatic rings. The van der Waals surface area contributed by atoms with Crippen molar-refractivity contribution < 1.29 is 9.18 Å². The van der Waals surface area contributed by atoms with Gasteiger partial charge in [-0.1, -0.05) is 12.1 Å². The van der Waals surface area contributed by atoms with Crippen LogP contribution in [0, 0.1) is 11.7 Å². The van der Waals surface area contributed by atoms with Gasteiger partial charge in [-0.3, -0.25) is 0 Å². The molecule has 5 heteroatoms. The molecule has 0 radical (unpaired) electrons. The van der Waals surface area contributed by atoms with Crippen LogP contribution in [-0.2, 0) is 0 Å². The van der Waals surface area contributed by atoms with E-state index in [-0.39, 0.29) is 17.3 Å². The molecule has 18 heavy (non-hydrogen) atoms. The second kappa shape index (κ2) is 3.95. The van der Waals surface area contributed by atoms with Gasteiger partial charge in [-0.05, 0) is 30.9 Å². The third-order valence-electron chi connectivity index (χ3n) is 3.76. The number of rotatable bonds is 2. The van der Waals surface area contributed by atoms with Gasteiger partial charge in [0.05, 0.1) is 11.2 Å². The highest BCUT2D eigenvalue weighted by Gasteiger charge is 2.51. The van der Waals surface area contributed by atoms with Crippen molar-refractivity contribution >= 4 is 11.7 Å². The summed E-state index contributed by atoms with van der Waals surface area (Å²) >= 11 is 0. The van der Waals surface area contributed by atoms with Gasteiger partial charge in [0.25, 0.3) is 0 Å². The molecule has 1 aliphatic heterocycles. The van der Waals surface area contributed by atoms with E-state index in [1.807, 2.05) is 0 Å². The van der Waals surface area contributed by atoms with Gasteiger partial charge in [0, 0.05) is 13.1 Å².